The van der Waals surface area contributed by atoms with Crippen LogP contribution in [0.15, 0.2) is 41.2 Å². The molecule has 33 heavy (non-hydrogen) atoms. The SMILES string of the molecule is C[C@@H]1CC(Oc2cccc(C(F)(F)F)c2)[C@@H](C)CN1c1nc(=O)n(C)c2ccc(C#N)nc12. The second-order valence-electron chi connectivity index (χ2n) is 8.35. The first-order chi connectivity index (χ1) is 15.6. The van der Waals surface area contributed by atoms with Crippen LogP contribution in [0.2, 0.25) is 0 Å². The lowest BCUT2D eigenvalue weighted by atomic mass is 9.91. The molecule has 0 radical (unpaired) electrons. The molecule has 1 aliphatic rings. The molecule has 0 aliphatic carbocycles. The van der Waals surface area contributed by atoms with Gasteiger partial charge in [-0.05, 0) is 37.3 Å². The standard InChI is InChI=1S/C23H22F3N5O2/c1-13-12-31(21-20-18(30(3)22(32)29-21)8-7-16(11-27)28-20)14(2)9-19(13)33-17-6-4-5-15(10-17)23(24,25)26/h4-8,10,13-14,19H,9,12H2,1-3H3/t13-,14+,19?/m0/s1. The Labute approximate surface area is 188 Å². The third-order valence-corrected chi connectivity index (χ3v) is 6.00. The molecule has 3 heterocycles. The van der Waals surface area contributed by atoms with E-state index < -0.39 is 17.4 Å². The second-order valence-corrected chi connectivity index (χ2v) is 8.35. The highest BCUT2D eigenvalue weighted by Crippen LogP contribution is 2.34. The van der Waals surface area contributed by atoms with Gasteiger partial charge in [0.2, 0.25) is 0 Å². The number of hydrogen-bond acceptors (Lipinski definition) is 6. The lowest BCUT2D eigenvalue weighted by molar-refractivity contribution is -0.137. The summed E-state index contributed by atoms with van der Waals surface area (Å²) in [5, 5.41) is 9.26. The lowest BCUT2D eigenvalue weighted by Crippen LogP contribution is -2.50. The molecule has 2 aromatic heterocycles. The summed E-state index contributed by atoms with van der Waals surface area (Å²) in [5.74, 6) is 0.484. The van der Waals surface area contributed by atoms with Crippen molar-refractivity contribution in [3.63, 3.8) is 0 Å². The summed E-state index contributed by atoms with van der Waals surface area (Å²) in [6.45, 7) is 4.33. The predicted octanol–water partition coefficient (Wildman–Crippen LogP) is 3.90. The van der Waals surface area contributed by atoms with Crippen LogP contribution >= 0.6 is 0 Å². The van der Waals surface area contributed by atoms with Crippen molar-refractivity contribution in [2.24, 2.45) is 13.0 Å². The van der Waals surface area contributed by atoms with Crippen molar-refractivity contribution >= 4 is 16.9 Å². The van der Waals surface area contributed by atoms with Gasteiger partial charge in [0.15, 0.2) is 5.82 Å². The number of rotatable bonds is 3. The van der Waals surface area contributed by atoms with E-state index in [1.54, 1.807) is 19.2 Å². The summed E-state index contributed by atoms with van der Waals surface area (Å²) < 4.78 is 46.5. The molecule has 3 atom stereocenters. The van der Waals surface area contributed by atoms with E-state index in [4.69, 9.17) is 4.74 Å². The van der Waals surface area contributed by atoms with Crippen LogP contribution < -0.4 is 15.3 Å². The minimum absolute atomic E-state index is 0.0733. The zero-order valence-corrected chi connectivity index (χ0v) is 18.3. The molecule has 10 heteroatoms. The Balaban J connectivity index is 1.63. The average molecular weight is 457 g/mol. The van der Waals surface area contributed by atoms with Crippen molar-refractivity contribution in [1.29, 1.82) is 5.26 Å². The number of anilines is 1. The van der Waals surface area contributed by atoms with Crippen LogP contribution in [0.1, 0.15) is 31.5 Å². The molecule has 0 bridgehead atoms. The summed E-state index contributed by atoms with van der Waals surface area (Å²) in [6, 6.07) is 9.96. The smallest absolute Gasteiger partial charge is 0.416 e. The van der Waals surface area contributed by atoms with E-state index in [-0.39, 0.29) is 29.5 Å². The van der Waals surface area contributed by atoms with Crippen LogP contribution in [0, 0.1) is 17.2 Å². The third kappa shape index (κ3) is 4.35. The number of benzene rings is 1. The fraction of sp³-hybridized carbons (Fsp3) is 0.391. The minimum Gasteiger partial charge on any atom is -0.490 e. The van der Waals surface area contributed by atoms with Gasteiger partial charge in [0.25, 0.3) is 0 Å². The van der Waals surface area contributed by atoms with E-state index in [1.807, 2.05) is 24.8 Å². The van der Waals surface area contributed by atoms with Crippen molar-refractivity contribution in [2.75, 3.05) is 11.4 Å². The Morgan fingerprint density at radius 3 is 2.64 bits per heavy atom. The molecule has 4 rings (SSSR count). The summed E-state index contributed by atoms with van der Waals surface area (Å²) in [5.41, 5.74) is 0.0332. The highest BCUT2D eigenvalue weighted by molar-refractivity contribution is 5.86. The van der Waals surface area contributed by atoms with Crippen LogP contribution in [0.25, 0.3) is 11.0 Å². The minimum atomic E-state index is -4.44. The Morgan fingerprint density at radius 1 is 1.18 bits per heavy atom. The summed E-state index contributed by atoms with van der Waals surface area (Å²) in [6.07, 6.45) is -4.25. The van der Waals surface area contributed by atoms with Gasteiger partial charge in [-0.3, -0.25) is 4.57 Å². The number of hydrogen-bond donors (Lipinski definition) is 0. The zero-order chi connectivity index (χ0) is 23.9. The van der Waals surface area contributed by atoms with E-state index >= 15 is 0 Å². The first-order valence-electron chi connectivity index (χ1n) is 10.5. The average Bonchev–Trinajstić information content (AvgIpc) is 2.78. The quantitative estimate of drug-likeness (QED) is 0.593. The number of aryl methyl sites for hydroxylation is 1. The topological polar surface area (TPSA) is 84.0 Å². The normalized spacial score (nSPS) is 21.1. The maximum absolute atomic E-state index is 13.0. The highest BCUT2D eigenvalue weighted by Gasteiger charge is 2.35. The number of nitriles is 1. The third-order valence-electron chi connectivity index (χ3n) is 6.00. The molecule has 0 amide bonds. The number of aromatic nitrogens is 3. The van der Waals surface area contributed by atoms with Crippen LogP contribution in [0.3, 0.4) is 0 Å². The fourth-order valence-electron chi connectivity index (χ4n) is 4.15. The van der Waals surface area contributed by atoms with E-state index in [0.717, 1.165) is 12.1 Å². The molecule has 1 aromatic carbocycles. The molecule has 0 N–H and O–H groups in total. The first kappa shape index (κ1) is 22.6. The van der Waals surface area contributed by atoms with Gasteiger partial charge in [0, 0.05) is 32.0 Å². The fourth-order valence-corrected chi connectivity index (χ4v) is 4.15. The van der Waals surface area contributed by atoms with Gasteiger partial charge in [-0.2, -0.15) is 23.4 Å². The van der Waals surface area contributed by atoms with Gasteiger partial charge in [-0.1, -0.05) is 13.0 Å². The number of alkyl halides is 3. The molecule has 1 unspecified atom stereocenters. The number of fused-ring (bicyclic) bond motifs is 1. The van der Waals surface area contributed by atoms with Crippen LogP contribution in [0.5, 0.6) is 5.75 Å². The maximum Gasteiger partial charge on any atom is 0.416 e. The zero-order valence-electron chi connectivity index (χ0n) is 18.3. The Bertz CT molecular complexity index is 1300. The number of pyridine rings is 1. The molecule has 0 saturated carbocycles. The van der Waals surface area contributed by atoms with E-state index in [0.29, 0.717) is 29.8 Å². The molecular weight excluding hydrogens is 435 g/mol. The van der Waals surface area contributed by atoms with E-state index in [9.17, 15) is 23.2 Å². The van der Waals surface area contributed by atoms with Crippen molar-refractivity contribution < 1.29 is 17.9 Å². The summed E-state index contributed by atoms with van der Waals surface area (Å²) in [4.78, 5) is 23.0. The Hall–Kier alpha value is -3.61. The largest absolute Gasteiger partial charge is 0.490 e. The van der Waals surface area contributed by atoms with Crippen molar-refractivity contribution in [1.82, 2.24) is 14.5 Å². The molecular formula is C23H22F3N5O2. The van der Waals surface area contributed by atoms with Gasteiger partial charge in [0.1, 0.15) is 29.1 Å². The van der Waals surface area contributed by atoms with E-state index in [2.05, 4.69) is 9.97 Å². The van der Waals surface area contributed by atoms with Gasteiger partial charge < -0.3 is 9.64 Å². The number of piperidine rings is 1. The van der Waals surface area contributed by atoms with Gasteiger partial charge in [-0.25, -0.2) is 9.78 Å². The Morgan fingerprint density at radius 2 is 1.94 bits per heavy atom. The number of ether oxygens (including phenoxy) is 1. The molecule has 1 saturated heterocycles. The molecule has 7 nitrogen and oxygen atoms in total. The molecule has 1 aliphatic heterocycles. The van der Waals surface area contributed by atoms with Crippen LogP contribution in [0.4, 0.5) is 19.0 Å². The van der Waals surface area contributed by atoms with Crippen molar-refractivity contribution in [3.8, 4) is 11.8 Å². The predicted molar refractivity (Wildman–Crippen MR) is 116 cm³/mol. The monoisotopic (exact) mass is 457 g/mol. The second kappa shape index (κ2) is 8.39. The molecule has 172 valence electrons. The highest BCUT2D eigenvalue weighted by atomic mass is 19.4. The summed E-state index contributed by atoms with van der Waals surface area (Å²) in [7, 11) is 1.59. The molecule has 1 fully saturated rings. The molecule has 3 aromatic rings. The number of halogens is 3. The Kier molecular flexibility index (Phi) is 5.74. The van der Waals surface area contributed by atoms with Gasteiger partial charge in [-0.15, -0.1) is 0 Å². The van der Waals surface area contributed by atoms with E-state index in [1.165, 1.54) is 16.7 Å². The van der Waals surface area contributed by atoms with Crippen LogP contribution in [-0.2, 0) is 13.2 Å². The molecule has 0 spiro atoms. The van der Waals surface area contributed by atoms with Crippen molar-refractivity contribution in [3.05, 3.63) is 58.1 Å². The maximum atomic E-state index is 13.0. The van der Waals surface area contributed by atoms with Gasteiger partial charge in [0.05, 0.1) is 11.1 Å². The first-order valence-corrected chi connectivity index (χ1v) is 10.5. The lowest BCUT2D eigenvalue weighted by Gasteiger charge is -2.42. The van der Waals surface area contributed by atoms with Crippen LogP contribution in [-0.4, -0.2) is 33.2 Å². The summed E-state index contributed by atoms with van der Waals surface area (Å²) >= 11 is 0. The number of nitrogens with zero attached hydrogens (tertiary/aromatic N) is 5. The van der Waals surface area contributed by atoms with Gasteiger partial charge >= 0.3 is 11.9 Å². The van der Waals surface area contributed by atoms with Crippen molar-refractivity contribution in [2.45, 2.75) is 38.6 Å².